The van der Waals surface area contributed by atoms with E-state index in [1.807, 2.05) is 11.6 Å². The summed E-state index contributed by atoms with van der Waals surface area (Å²) in [6.07, 6.45) is 2.66. The Bertz CT molecular complexity index is 317. The molecule has 0 saturated heterocycles. The van der Waals surface area contributed by atoms with E-state index >= 15 is 0 Å². The molecule has 2 N–H and O–H groups in total. The topological polar surface area (TPSA) is 62.4 Å². The van der Waals surface area contributed by atoms with Crippen LogP contribution in [0.15, 0.2) is 11.3 Å². The van der Waals surface area contributed by atoms with Crippen LogP contribution in [0.2, 0.25) is 0 Å². The number of nitrogens with one attached hydrogen (secondary N) is 1. The van der Waals surface area contributed by atoms with Crippen LogP contribution >= 0.6 is 0 Å². The van der Waals surface area contributed by atoms with Crippen LogP contribution in [0.5, 0.6) is 0 Å². The summed E-state index contributed by atoms with van der Waals surface area (Å²) in [5.74, 6) is 0.809. The third-order valence-electron chi connectivity index (χ3n) is 1.85. The predicted octanol–water partition coefficient (Wildman–Crippen LogP) is -0.0927. The number of aliphatic hydroxyl groups excluding tert-OH is 1. The van der Waals surface area contributed by atoms with Crippen LogP contribution in [0.1, 0.15) is 11.8 Å². The van der Waals surface area contributed by atoms with Gasteiger partial charge < -0.3 is 15.0 Å². The summed E-state index contributed by atoms with van der Waals surface area (Å²) >= 11 is 0. The monoisotopic (exact) mass is 166 g/mol. The van der Waals surface area contributed by atoms with Crippen LogP contribution in [0, 0.1) is 0 Å². The van der Waals surface area contributed by atoms with Crippen molar-refractivity contribution in [3.05, 3.63) is 12.0 Å². The smallest absolute Gasteiger partial charge is 0.136 e. The van der Waals surface area contributed by atoms with Gasteiger partial charge in [0.05, 0.1) is 19.2 Å². The fraction of sp³-hybridized carbons (Fsp3) is 0.429. The molecular weight excluding hydrogens is 156 g/mol. The molecule has 0 spiro atoms. The van der Waals surface area contributed by atoms with Crippen LogP contribution in [0.3, 0.4) is 0 Å². The number of hydrogen-bond donors (Lipinski definition) is 2. The zero-order valence-electron chi connectivity index (χ0n) is 6.73. The second-order valence-electron chi connectivity index (χ2n) is 2.74. The van der Waals surface area contributed by atoms with Gasteiger partial charge in [-0.05, 0) is 0 Å². The lowest BCUT2D eigenvalue weighted by Gasteiger charge is -2.04. The summed E-state index contributed by atoms with van der Waals surface area (Å²) in [6, 6.07) is 0. The van der Waals surface area contributed by atoms with E-state index in [4.69, 9.17) is 0 Å². The third kappa shape index (κ3) is 0.984. The van der Waals surface area contributed by atoms with E-state index in [9.17, 15) is 5.11 Å². The Morgan fingerprint density at radius 2 is 2.58 bits per heavy atom. The molecule has 0 saturated carbocycles. The SMILES string of the molecule is Cn1cnc2c1NC=NCC2O. The number of aliphatic imine (C=N–C) groups is 1. The largest absolute Gasteiger partial charge is 0.385 e. The van der Waals surface area contributed by atoms with E-state index in [1.54, 1.807) is 12.7 Å². The Morgan fingerprint density at radius 3 is 3.42 bits per heavy atom. The molecule has 0 fully saturated rings. The quantitative estimate of drug-likeness (QED) is 0.566. The summed E-state index contributed by atoms with van der Waals surface area (Å²) in [6.45, 7) is 0.372. The van der Waals surface area contributed by atoms with Crippen LogP contribution in [-0.2, 0) is 7.05 Å². The van der Waals surface area contributed by atoms with Crippen LogP contribution in [0.25, 0.3) is 0 Å². The minimum atomic E-state index is -0.590. The van der Waals surface area contributed by atoms with E-state index in [1.165, 1.54) is 0 Å². The predicted molar refractivity (Wildman–Crippen MR) is 45.1 cm³/mol. The second-order valence-corrected chi connectivity index (χ2v) is 2.74. The highest BCUT2D eigenvalue weighted by Gasteiger charge is 2.18. The molecule has 2 rings (SSSR count). The molecule has 0 aliphatic carbocycles. The van der Waals surface area contributed by atoms with Gasteiger partial charge in [0.15, 0.2) is 0 Å². The average Bonchev–Trinajstić information content (AvgIpc) is 2.30. The summed E-state index contributed by atoms with van der Waals surface area (Å²) in [4.78, 5) is 8.01. The first-order valence-corrected chi connectivity index (χ1v) is 3.73. The van der Waals surface area contributed by atoms with Gasteiger partial charge in [-0.15, -0.1) is 0 Å². The molecule has 1 aromatic rings. The molecule has 1 aliphatic heterocycles. The summed E-state index contributed by atoms with van der Waals surface area (Å²) in [5, 5.41) is 12.5. The molecule has 5 heteroatoms. The molecule has 1 atom stereocenters. The van der Waals surface area contributed by atoms with Crippen molar-refractivity contribution in [1.82, 2.24) is 9.55 Å². The number of aryl methyl sites for hydroxylation is 1. The fourth-order valence-electron chi connectivity index (χ4n) is 1.21. The van der Waals surface area contributed by atoms with Crippen molar-refractivity contribution >= 4 is 12.2 Å². The second kappa shape index (κ2) is 2.60. The number of hydrogen-bond acceptors (Lipinski definition) is 4. The number of nitrogens with zero attached hydrogens (tertiary/aromatic N) is 3. The van der Waals surface area contributed by atoms with E-state index in [2.05, 4.69) is 15.3 Å². The fourth-order valence-corrected chi connectivity index (χ4v) is 1.21. The highest BCUT2D eigenvalue weighted by atomic mass is 16.3. The van der Waals surface area contributed by atoms with Crippen molar-refractivity contribution < 1.29 is 5.11 Å². The minimum absolute atomic E-state index is 0.372. The number of fused-ring (bicyclic) bond motifs is 1. The van der Waals surface area contributed by atoms with Crippen LogP contribution in [0.4, 0.5) is 5.82 Å². The van der Waals surface area contributed by atoms with E-state index < -0.39 is 6.10 Å². The summed E-state index contributed by atoms with van der Waals surface area (Å²) in [7, 11) is 1.87. The summed E-state index contributed by atoms with van der Waals surface area (Å²) in [5.41, 5.74) is 0.662. The zero-order valence-corrected chi connectivity index (χ0v) is 6.73. The van der Waals surface area contributed by atoms with Gasteiger partial charge in [-0.2, -0.15) is 0 Å². The molecule has 12 heavy (non-hydrogen) atoms. The van der Waals surface area contributed by atoms with Gasteiger partial charge in [-0.3, -0.25) is 4.99 Å². The number of rotatable bonds is 0. The molecule has 1 aliphatic rings. The number of imidazole rings is 1. The van der Waals surface area contributed by atoms with Gasteiger partial charge in [0.1, 0.15) is 17.6 Å². The van der Waals surface area contributed by atoms with Crippen molar-refractivity contribution in [2.24, 2.45) is 12.0 Å². The average molecular weight is 166 g/mol. The lowest BCUT2D eigenvalue weighted by molar-refractivity contribution is 0.184. The standard InChI is InChI=1S/C7H10N4O/c1-11-4-10-6-5(12)2-8-3-9-7(6)11/h3-5,12H,2H2,1H3,(H,8,9). The Kier molecular flexibility index (Phi) is 1.58. The maximum atomic E-state index is 9.53. The first kappa shape index (κ1) is 7.30. The molecule has 5 nitrogen and oxygen atoms in total. The molecule has 1 unspecified atom stereocenters. The summed E-state index contributed by atoms with van der Waals surface area (Å²) < 4.78 is 1.82. The zero-order chi connectivity index (χ0) is 8.55. The molecule has 0 aromatic carbocycles. The van der Waals surface area contributed by atoms with Crippen LogP contribution < -0.4 is 5.32 Å². The number of aromatic nitrogens is 2. The molecular formula is C7H10N4O. The van der Waals surface area contributed by atoms with Crippen molar-refractivity contribution in [1.29, 1.82) is 0 Å². The third-order valence-corrected chi connectivity index (χ3v) is 1.85. The molecule has 64 valence electrons. The van der Waals surface area contributed by atoms with Crippen molar-refractivity contribution in [2.75, 3.05) is 11.9 Å². The molecule has 0 bridgehead atoms. The maximum Gasteiger partial charge on any atom is 0.136 e. The van der Waals surface area contributed by atoms with Crippen LogP contribution in [-0.4, -0.2) is 27.5 Å². The van der Waals surface area contributed by atoms with Gasteiger partial charge in [0.25, 0.3) is 0 Å². The van der Waals surface area contributed by atoms with E-state index in [-0.39, 0.29) is 0 Å². The number of aliphatic hydroxyl groups is 1. The van der Waals surface area contributed by atoms with Gasteiger partial charge in [-0.1, -0.05) is 0 Å². The van der Waals surface area contributed by atoms with E-state index in [0.717, 1.165) is 5.82 Å². The highest BCUT2D eigenvalue weighted by Crippen LogP contribution is 2.21. The van der Waals surface area contributed by atoms with Crippen molar-refractivity contribution in [3.63, 3.8) is 0 Å². The Morgan fingerprint density at radius 1 is 1.75 bits per heavy atom. The molecule has 0 radical (unpaired) electrons. The van der Waals surface area contributed by atoms with Gasteiger partial charge >= 0.3 is 0 Å². The van der Waals surface area contributed by atoms with Crippen molar-refractivity contribution in [3.8, 4) is 0 Å². The maximum absolute atomic E-state index is 9.53. The van der Waals surface area contributed by atoms with Crippen molar-refractivity contribution in [2.45, 2.75) is 6.10 Å². The number of anilines is 1. The molecule has 0 amide bonds. The van der Waals surface area contributed by atoms with E-state index in [0.29, 0.717) is 12.2 Å². The van der Waals surface area contributed by atoms with Gasteiger partial charge in [0.2, 0.25) is 0 Å². The van der Waals surface area contributed by atoms with Gasteiger partial charge in [-0.25, -0.2) is 4.98 Å². The Hall–Kier alpha value is -1.36. The van der Waals surface area contributed by atoms with Gasteiger partial charge in [0, 0.05) is 7.05 Å². The highest BCUT2D eigenvalue weighted by molar-refractivity contribution is 5.76. The normalized spacial score (nSPS) is 21.3. The lowest BCUT2D eigenvalue weighted by atomic mass is 10.2. The minimum Gasteiger partial charge on any atom is -0.385 e. The Balaban J connectivity index is 2.48. The first-order valence-electron chi connectivity index (χ1n) is 3.73. The lowest BCUT2D eigenvalue weighted by Crippen LogP contribution is -2.03. The molecule has 1 aromatic heterocycles. The molecule has 2 heterocycles. The first-order chi connectivity index (χ1) is 5.79. The Labute approximate surface area is 69.8 Å².